The summed E-state index contributed by atoms with van der Waals surface area (Å²) in [5.41, 5.74) is -0.498. The fourth-order valence-corrected chi connectivity index (χ4v) is 3.99. The first-order chi connectivity index (χ1) is 13.5. The van der Waals surface area contributed by atoms with E-state index in [0.717, 1.165) is 10.4 Å². The third kappa shape index (κ3) is 3.03. The van der Waals surface area contributed by atoms with Gasteiger partial charge < -0.3 is 15.2 Å². The van der Waals surface area contributed by atoms with E-state index < -0.39 is 17.5 Å². The smallest absolute Gasteiger partial charge is 0.322 e. The molecule has 1 atom stereocenters. The first-order valence-corrected chi connectivity index (χ1v) is 9.21. The summed E-state index contributed by atoms with van der Waals surface area (Å²) in [4.78, 5) is 46.5. The summed E-state index contributed by atoms with van der Waals surface area (Å²) in [5.74, 6) is -0.566. The molecule has 10 heteroatoms. The predicted octanol–water partition coefficient (Wildman–Crippen LogP) is 1.01. The molecule has 1 aliphatic heterocycles. The van der Waals surface area contributed by atoms with Crippen molar-refractivity contribution in [1.29, 1.82) is 0 Å². The van der Waals surface area contributed by atoms with Crippen molar-refractivity contribution in [2.75, 3.05) is 6.54 Å². The van der Waals surface area contributed by atoms with Crippen LogP contribution in [0.5, 0.6) is 0 Å². The molecule has 0 aliphatic carbocycles. The number of carbonyl (C=O) groups excluding carboxylic acids is 3. The lowest BCUT2D eigenvalue weighted by molar-refractivity contribution is -0.124. The fraction of sp³-hybridized carbons (Fsp3) is 0.167. The lowest BCUT2D eigenvalue weighted by Crippen LogP contribution is -2.54. The number of imide groups is 1. The molecule has 9 nitrogen and oxygen atoms in total. The van der Waals surface area contributed by atoms with Crippen molar-refractivity contribution in [3.63, 3.8) is 0 Å². The van der Waals surface area contributed by atoms with Crippen molar-refractivity contribution >= 4 is 29.2 Å². The van der Waals surface area contributed by atoms with Crippen molar-refractivity contribution in [3.05, 3.63) is 59.8 Å². The summed E-state index contributed by atoms with van der Waals surface area (Å²) in [6, 6.07) is 6.67. The van der Waals surface area contributed by atoms with Gasteiger partial charge in [-0.15, -0.1) is 11.3 Å². The number of amides is 4. The maximum Gasteiger partial charge on any atom is 0.322 e. The van der Waals surface area contributed by atoms with E-state index in [4.69, 9.17) is 0 Å². The SMILES string of the molecule is Cn1ccnc1C1(CNC(=O)c2ccc(-c3ccncc3)s2)NC(=O)NC1=O. The van der Waals surface area contributed by atoms with Gasteiger partial charge in [0, 0.05) is 36.7 Å². The molecule has 1 saturated heterocycles. The molecule has 4 amide bonds. The zero-order valence-corrected chi connectivity index (χ0v) is 15.6. The summed E-state index contributed by atoms with van der Waals surface area (Å²) in [5, 5.41) is 7.56. The maximum absolute atomic E-state index is 12.6. The van der Waals surface area contributed by atoms with Crippen LogP contribution >= 0.6 is 11.3 Å². The molecule has 1 fully saturated rings. The molecule has 3 N–H and O–H groups in total. The van der Waals surface area contributed by atoms with Gasteiger partial charge in [0.1, 0.15) is 5.82 Å². The third-order valence-electron chi connectivity index (χ3n) is 4.45. The van der Waals surface area contributed by atoms with E-state index in [1.54, 1.807) is 36.3 Å². The van der Waals surface area contributed by atoms with Crippen LogP contribution in [0.15, 0.2) is 49.1 Å². The number of hydrogen-bond acceptors (Lipinski definition) is 6. The Labute approximate surface area is 163 Å². The van der Waals surface area contributed by atoms with Crippen molar-refractivity contribution in [1.82, 2.24) is 30.5 Å². The number of hydrogen-bond donors (Lipinski definition) is 3. The van der Waals surface area contributed by atoms with Gasteiger partial charge in [-0.3, -0.25) is 19.9 Å². The van der Waals surface area contributed by atoms with Gasteiger partial charge >= 0.3 is 6.03 Å². The van der Waals surface area contributed by atoms with Gasteiger partial charge in [0.25, 0.3) is 11.8 Å². The molecular formula is C18H16N6O3S. The predicted molar refractivity (Wildman–Crippen MR) is 101 cm³/mol. The highest BCUT2D eigenvalue weighted by Gasteiger charge is 2.50. The first kappa shape index (κ1) is 17.9. The normalized spacial score (nSPS) is 18.6. The quantitative estimate of drug-likeness (QED) is 0.556. The Morgan fingerprint density at radius 1 is 1.21 bits per heavy atom. The highest BCUT2D eigenvalue weighted by Crippen LogP contribution is 2.28. The zero-order valence-electron chi connectivity index (χ0n) is 14.8. The van der Waals surface area contributed by atoms with Crippen molar-refractivity contribution < 1.29 is 14.4 Å². The van der Waals surface area contributed by atoms with Crippen LogP contribution in [0.25, 0.3) is 10.4 Å². The van der Waals surface area contributed by atoms with Crippen LogP contribution in [0.2, 0.25) is 0 Å². The summed E-state index contributed by atoms with van der Waals surface area (Å²) in [7, 11) is 1.71. The van der Waals surface area contributed by atoms with Gasteiger partial charge in [-0.05, 0) is 29.8 Å². The Kier molecular flexibility index (Phi) is 4.40. The molecule has 0 spiro atoms. The largest absolute Gasteiger partial charge is 0.348 e. The third-order valence-corrected chi connectivity index (χ3v) is 5.59. The number of urea groups is 1. The summed E-state index contributed by atoms with van der Waals surface area (Å²) < 4.78 is 1.63. The van der Waals surface area contributed by atoms with Gasteiger partial charge in [0.2, 0.25) is 0 Å². The Balaban J connectivity index is 1.55. The monoisotopic (exact) mass is 396 g/mol. The molecule has 0 bridgehead atoms. The Morgan fingerprint density at radius 3 is 2.64 bits per heavy atom. The molecule has 1 aliphatic rings. The molecule has 4 heterocycles. The molecule has 142 valence electrons. The Hall–Kier alpha value is -3.53. The lowest BCUT2D eigenvalue weighted by Gasteiger charge is -2.25. The number of nitrogens with one attached hydrogen (secondary N) is 3. The van der Waals surface area contributed by atoms with E-state index >= 15 is 0 Å². The summed E-state index contributed by atoms with van der Waals surface area (Å²) in [6.45, 7) is -0.128. The molecule has 0 radical (unpaired) electrons. The Morgan fingerprint density at radius 2 is 2.00 bits per heavy atom. The second-order valence-corrected chi connectivity index (χ2v) is 7.34. The van der Waals surface area contributed by atoms with Crippen LogP contribution in [0, 0.1) is 0 Å². The Bertz CT molecular complexity index is 1060. The summed E-state index contributed by atoms with van der Waals surface area (Å²) in [6.07, 6.45) is 6.56. The van der Waals surface area contributed by atoms with Crippen molar-refractivity contribution in [2.24, 2.45) is 7.05 Å². The van der Waals surface area contributed by atoms with E-state index in [1.165, 1.54) is 17.5 Å². The topological polar surface area (TPSA) is 118 Å². The molecular weight excluding hydrogens is 380 g/mol. The highest BCUT2D eigenvalue weighted by molar-refractivity contribution is 7.17. The minimum absolute atomic E-state index is 0.128. The fourth-order valence-electron chi connectivity index (χ4n) is 3.06. The van der Waals surface area contributed by atoms with Gasteiger partial charge in [0.15, 0.2) is 5.54 Å². The number of nitrogens with zero attached hydrogens (tertiary/aromatic N) is 3. The second kappa shape index (κ2) is 6.89. The minimum Gasteiger partial charge on any atom is -0.348 e. The van der Waals surface area contributed by atoms with E-state index in [0.29, 0.717) is 10.7 Å². The molecule has 28 heavy (non-hydrogen) atoms. The van der Waals surface area contributed by atoms with Crippen molar-refractivity contribution in [2.45, 2.75) is 5.54 Å². The average Bonchev–Trinajstić information content (AvgIpc) is 3.40. The lowest BCUT2D eigenvalue weighted by atomic mass is 9.98. The first-order valence-electron chi connectivity index (χ1n) is 8.39. The number of rotatable bonds is 5. The molecule has 4 rings (SSSR count). The van der Waals surface area contributed by atoms with Crippen LogP contribution in [0.4, 0.5) is 4.79 Å². The van der Waals surface area contributed by atoms with Crippen LogP contribution in [0.1, 0.15) is 15.5 Å². The number of pyridine rings is 1. The van der Waals surface area contributed by atoms with Gasteiger partial charge in [-0.2, -0.15) is 0 Å². The molecule has 3 aromatic rings. The number of imidazole rings is 1. The van der Waals surface area contributed by atoms with E-state index in [1.807, 2.05) is 18.2 Å². The maximum atomic E-state index is 12.6. The number of carbonyl (C=O) groups is 3. The summed E-state index contributed by atoms with van der Waals surface area (Å²) >= 11 is 1.33. The minimum atomic E-state index is -1.46. The van der Waals surface area contributed by atoms with E-state index in [-0.39, 0.29) is 12.5 Å². The molecule has 1 unspecified atom stereocenters. The number of aryl methyl sites for hydroxylation is 1. The average molecular weight is 396 g/mol. The van der Waals surface area contributed by atoms with Gasteiger partial charge in [-0.1, -0.05) is 0 Å². The molecule has 0 aromatic carbocycles. The number of aromatic nitrogens is 3. The van der Waals surface area contributed by atoms with E-state index in [2.05, 4.69) is 25.9 Å². The molecule has 0 saturated carbocycles. The van der Waals surface area contributed by atoms with Gasteiger partial charge in [-0.25, -0.2) is 9.78 Å². The van der Waals surface area contributed by atoms with Crippen LogP contribution in [0.3, 0.4) is 0 Å². The zero-order chi connectivity index (χ0) is 19.7. The standard InChI is InChI=1S/C18H16N6O3S/c1-24-9-8-20-15(24)18(16(26)22-17(27)23-18)10-21-14(25)13-3-2-12(28-13)11-4-6-19-7-5-11/h2-9H,10H2,1H3,(H,21,25)(H2,22,23,26,27). The van der Waals surface area contributed by atoms with Gasteiger partial charge in [0.05, 0.1) is 11.4 Å². The second-order valence-electron chi connectivity index (χ2n) is 6.26. The van der Waals surface area contributed by atoms with Crippen LogP contribution in [-0.2, 0) is 17.4 Å². The van der Waals surface area contributed by atoms with Crippen LogP contribution < -0.4 is 16.0 Å². The number of thiophene rings is 1. The van der Waals surface area contributed by atoms with E-state index in [9.17, 15) is 14.4 Å². The van der Waals surface area contributed by atoms with Crippen molar-refractivity contribution in [3.8, 4) is 10.4 Å². The van der Waals surface area contributed by atoms with Crippen LogP contribution in [-0.4, -0.2) is 38.9 Å². The highest BCUT2D eigenvalue weighted by atomic mass is 32.1. The molecule has 3 aromatic heterocycles.